The first-order valence-corrected chi connectivity index (χ1v) is 3.51. The first kappa shape index (κ1) is 6.74. The summed E-state index contributed by atoms with van der Waals surface area (Å²) in [6.07, 6.45) is 8.64. The molecular formula is C9H7N3. The SMILES string of the molecule is C#Cc1nccc2[nH]cc(N)c12. The summed E-state index contributed by atoms with van der Waals surface area (Å²) in [6, 6.07) is 1.84. The molecule has 0 aliphatic carbocycles. The van der Waals surface area contributed by atoms with Gasteiger partial charge >= 0.3 is 0 Å². The number of nitrogens with two attached hydrogens (primary N) is 1. The zero-order valence-electron chi connectivity index (χ0n) is 6.33. The van der Waals surface area contributed by atoms with Crippen LogP contribution in [0.25, 0.3) is 10.9 Å². The first-order valence-electron chi connectivity index (χ1n) is 3.51. The van der Waals surface area contributed by atoms with E-state index in [9.17, 15) is 0 Å². The number of nitrogen functional groups attached to an aromatic ring is 1. The maximum Gasteiger partial charge on any atom is 0.124 e. The van der Waals surface area contributed by atoms with Gasteiger partial charge in [0.1, 0.15) is 5.69 Å². The quantitative estimate of drug-likeness (QED) is 0.563. The molecule has 2 aromatic rings. The van der Waals surface area contributed by atoms with Crippen LogP contribution in [0.15, 0.2) is 18.5 Å². The van der Waals surface area contributed by atoms with Gasteiger partial charge in [-0.3, -0.25) is 0 Å². The molecule has 2 aromatic heterocycles. The average Bonchev–Trinajstić information content (AvgIpc) is 2.48. The smallest absolute Gasteiger partial charge is 0.124 e. The van der Waals surface area contributed by atoms with Gasteiger partial charge in [-0.15, -0.1) is 6.42 Å². The molecule has 0 spiro atoms. The average molecular weight is 157 g/mol. The van der Waals surface area contributed by atoms with Crippen LogP contribution in [0.3, 0.4) is 0 Å². The van der Waals surface area contributed by atoms with Gasteiger partial charge in [0.05, 0.1) is 16.6 Å². The fraction of sp³-hybridized carbons (Fsp3) is 0. The van der Waals surface area contributed by atoms with Crippen LogP contribution in [-0.4, -0.2) is 9.97 Å². The summed E-state index contributed by atoms with van der Waals surface area (Å²) in [6.45, 7) is 0. The summed E-state index contributed by atoms with van der Waals surface area (Å²) in [7, 11) is 0. The fourth-order valence-electron chi connectivity index (χ4n) is 1.21. The van der Waals surface area contributed by atoms with Crippen LogP contribution in [0.5, 0.6) is 0 Å². The van der Waals surface area contributed by atoms with Crippen molar-refractivity contribution in [3.8, 4) is 12.3 Å². The number of nitrogens with zero attached hydrogens (tertiary/aromatic N) is 1. The minimum atomic E-state index is 0.589. The topological polar surface area (TPSA) is 54.7 Å². The van der Waals surface area contributed by atoms with E-state index in [0.717, 1.165) is 10.9 Å². The van der Waals surface area contributed by atoms with Crippen molar-refractivity contribution < 1.29 is 0 Å². The molecule has 0 radical (unpaired) electrons. The van der Waals surface area contributed by atoms with E-state index in [1.165, 1.54) is 0 Å². The van der Waals surface area contributed by atoms with Crippen molar-refractivity contribution in [1.29, 1.82) is 0 Å². The molecular weight excluding hydrogens is 150 g/mol. The number of anilines is 1. The van der Waals surface area contributed by atoms with Crippen molar-refractivity contribution in [3.05, 3.63) is 24.2 Å². The summed E-state index contributed by atoms with van der Waals surface area (Å²) < 4.78 is 0. The number of H-pyrrole nitrogens is 1. The van der Waals surface area contributed by atoms with E-state index in [2.05, 4.69) is 15.9 Å². The molecule has 0 aromatic carbocycles. The number of aromatic amines is 1. The number of pyridine rings is 1. The third-order valence-corrected chi connectivity index (χ3v) is 1.76. The lowest BCUT2D eigenvalue weighted by Gasteiger charge is -1.93. The highest BCUT2D eigenvalue weighted by atomic mass is 14.8. The Balaban J connectivity index is 2.96. The summed E-state index contributed by atoms with van der Waals surface area (Å²) in [4.78, 5) is 7.02. The van der Waals surface area contributed by atoms with Gasteiger partial charge in [-0.25, -0.2) is 4.98 Å². The molecule has 3 N–H and O–H groups in total. The highest BCUT2D eigenvalue weighted by Crippen LogP contribution is 2.21. The molecule has 12 heavy (non-hydrogen) atoms. The summed E-state index contributed by atoms with van der Waals surface area (Å²) >= 11 is 0. The Bertz CT molecular complexity index is 462. The van der Waals surface area contributed by atoms with Gasteiger partial charge < -0.3 is 10.7 Å². The second kappa shape index (κ2) is 2.28. The van der Waals surface area contributed by atoms with Gasteiger partial charge in [0.15, 0.2) is 0 Å². The van der Waals surface area contributed by atoms with Crippen LogP contribution in [0, 0.1) is 12.3 Å². The van der Waals surface area contributed by atoms with Crippen LogP contribution in [0.1, 0.15) is 5.69 Å². The zero-order valence-corrected chi connectivity index (χ0v) is 6.33. The lowest BCUT2D eigenvalue weighted by molar-refractivity contribution is 1.32. The second-order valence-corrected chi connectivity index (χ2v) is 2.47. The Hall–Kier alpha value is -1.95. The molecule has 58 valence electrons. The molecule has 0 bridgehead atoms. The van der Waals surface area contributed by atoms with Gasteiger partial charge in [-0.05, 0) is 12.0 Å². The van der Waals surface area contributed by atoms with Crippen LogP contribution >= 0.6 is 0 Å². The lowest BCUT2D eigenvalue weighted by Crippen LogP contribution is -1.86. The van der Waals surface area contributed by atoms with Crippen molar-refractivity contribution in [2.24, 2.45) is 0 Å². The van der Waals surface area contributed by atoms with E-state index in [0.29, 0.717) is 11.4 Å². The van der Waals surface area contributed by atoms with Crippen LogP contribution in [-0.2, 0) is 0 Å². The Labute approximate surface area is 69.6 Å². The summed E-state index contributed by atoms with van der Waals surface area (Å²) in [5.74, 6) is 2.49. The van der Waals surface area contributed by atoms with Gasteiger partial charge in [-0.2, -0.15) is 0 Å². The lowest BCUT2D eigenvalue weighted by atomic mass is 10.2. The molecule has 0 saturated carbocycles. The third kappa shape index (κ3) is 0.753. The Morgan fingerprint density at radius 1 is 1.58 bits per heavy atom. The van der Waals surface area contributed by atoms with Crippen molar-refractivity contribution in [2.75, 3.05) is 5.73 Å². The standard InChI is InChI=1S/C9H7N3/c1-2-7-9-6(10)5-12-8(9)3-4-11-7/h1,3-5,12H,10H2. The zero-order chi connectivity index (χ0) is 8.55. The second-order valence-electron chi connectivity index (χ2n) is 2.47. The predicted octanol–water partition coefficient (Wildman–Crippen LogP) is 1.13. The van der Waals surface area contributed by atoms with Gasteiger partial charge in [0, 0.05) is 12.4 Å². The van der Waals surface area contributed by atoms with E-state index in [-0.39, 0.29) is 0 Å². The first-order chi connectivity index (χ1) is 5.83. The molecule has 3 heteroatoms. The minimum Gasteiger partial charge on any atom is -0.397 e. The van der Waals surface area contributed by atoms with E-state index >= 15 is 0 Å². The van der Waals surface area contributed by atoms with Crippen LogP contribution < -0.4 is 5.73 Å². The van der Waals surface area contributed by atoms with Gasteiger partial charge in [0.2, 0.25) is 0 Å². The molecule has 0 aliphatic heterocycles. The molecule has 0 aliphatic rings. The Kier molecular flexibility index (Phi) is 1.28. The number of aromatic nitrogens is 2. The van der Waals surface area contributed by atoms with Crippen molar-refractivity contribution in [1.82, 2.24) is 9.97 Å². The van der Waals surface area contributed by atoms with E-state index in [4.69, 9.17) is 12.2 Å². The van der Waals surface area contributed by atoms with Crippen molar-refractivity contribution >= 4 is 16.6 Å². The maximum absolute atomic E-state index is 5.69. The highest BCUT2D eigenvalue weighted by molar-refractivity contribution is 5.94. The van der Waals surface area contributed by atoms with Gasteiger partial charge in [-0.1, -0.05) is 0 Å². The summed E-state index contributed by atoms with van der Waals surface area (Å²) in [5, 5.41) is 0.833. The molecule has 0 atom stereocenters. The Morgan fingerprint density at radius 2 is 2.42 bits per heavy atom. The maximum atomic E-state index is 5.69. The third-order valence-electron chi connectivity index (χ3n) is 1.76. The number of hydrogen-bond donors (Lipinski definition) is 2. The fourth-order valence-corrected chi connectivity index (χ4v) is 1.21. The normalized spacial score (nSPS) is 9.92. The van der Waals surface area contributed by atoms with Crippen molar-refractivity contribution in [3.63, 3.8) is 0 Å². The van der Waals surface area contributed by atoms with E-state index in [1.54, 1.807) is 12.4 Å². The molecule has 2 rings (SSSR count). The monoisotopic (exact) mass is 157 g/mol. The molecule has 2 heterocycles. The van der Waals surface area contributed by atoms with Crippen molar-refractivity contribution in [2.45, 2.75) is 0 Å². The predicted molar refractivity (Wildman–Crippen MR) is 48.4 cm³/mol. The van der Waals surface area contributed by atoms with Gasteiger partial charge in [0.25, 0.3) is 0 Å². The largest absolute Gasteiger partial charge is 0.397 e. The number of terminal acetylenes is 1. The van der Waals surface area contributed by atoms with E-state index < -0.39 is 0 Å². The Morgan fingerprint density at radius 3 is 3.17 bits per heavy atom. The molecule has 0 amide bonds. The minimum absolute atomic E-state index is 0.589. The molecule has 0 fully saturated rings. The van der Waals surface area contributed by atoms with Crippen LogP contribution in [0.4, 0.5) is 5.69 Å². The number of nitrogens with one attached hydrogen (secondary N) is 1. The molecule has 3 nitrogen and oxygen atoms in total. The number of rotatable bonds is 0. The van der Waals surface area contributed by atoms with E-state index in [1.807, 2.05) is 6.07 Å². The summed E-state index contributed by atoms with van der Waals surface area (Å²) in [5.41, 5.74) is 7.85. The number of hydrogen-bond acceptors (Lipinski definition) is 2. The molecule has 0 unspecified atom stereocenters. The molecule has 0 saturated heterocycles. The highest BCUT2D eigenvalue weighted by Gasteiger charge is 2.04. The number of fused-ring (bicyclic) bond motifs is 1. The van der Waals surface area contributed by atoms with Crippen LogP contribution in [0.2, 0.25) is 0 Å².